The molecule has 0 spiro atoms. The fourth-order valence-electron chi connectivity index (χ4n) is 1.65. The number of carboxylic acid groups (broad SMARTS) is 1. The normalized spacial score (nSPS) is 10.3. The Labute approximate surface area is 137 Å². The van der Waals surface area contributed by atoms with Crippen molar-refractivity contribution in [3.05, 3.63) is 49.9 Å². The Morgan fingerprint density at radius 2 is 1.95 bits per heavy atom. The molecule has 0 bridgehead atoms. The van der Waals surface area contributed by atoms with Gasteiger partial charge in [-0.25, -0.2) is 4.79 Å². The molecule has 0 aliphatic heterocycles. The number of carbonyl (C=O) groups is 1. The zero-order chi connectivity index (χ0) is 14.9. The lowest BCUT2D eigenvalue weighted by molar-refractivity contribution is 0.0698. The van der Waals surface area contributed by atoms with E-state index in [0.29, 0.717) is 17.1 Å². The second kappa shape index (κ2) is 6.03. The van der Waals surface area contributed by atoms with E-state index in [4.69, 9.17) is 17.3 Å². The van der Waals surface area contributed by atoms with Gasteiger partial charge in [-0.15, -0.1) is 0 Å². The monoisotopic (exact) mass is 418 g/mol. The number of aromatic carboxylic acids is 1. The highest BCUT2D eigenvalue weighted by Crippen LogP contribution is 2.35. The number of hydrogen-bond donors (Lipinski definition) is 3. The molecule has 0 radical (unpaired) electrons. The van der Waals surface area contributed by atoms with Gasteiger partial charge in [0, 0.05) is 14.6 Å². The van der Waals surface area contributed by atoms with E-state index in [9.17, 15) is 9.90 Å². The predicted octanol–water partition coefficient (Wildman–Crippen LogP) is 4.89. The van der Waals surface area contributed by atoms with Crippen molar-refractivity contribution in [2.75, 3.05) is 11.1 Å². The van der Waals surface area contributed by atoms with Crippen molar-refractivity contribution in [1.82, 2.24) is 0 Å². The van der Waals surface area contributed by atoms with Gasteiger partial charge < -0.3 is 16.2 Å². The van der Waals surface area contributed by atoms with Crippen LogP contribution >= 0.6 is 43.5 Å². The maximum absolute atomic E-state index is 11.3. The van der Waals surface area contributed by atoms with E-state index < -0.39 is 5.97 Å². The molecule has 4 nitrogen and oxygen atoms in total. The molecule has 20 heavy (non-hydrogen) atoms. The number of nitrogens with one attached hydrogen (secondary N) is 1. The van der Waals surface area contributed by atoms with Crippen molar-refractivity contribution < 1.29 is 9.90 Å². The van der Waals surface area contributed by atoms with Gasteiger partial charge in [-0.1, -0.05) is 27.5 Å². The van der Waals surface area contributed by atoms with Crippen LogP contribution in [-0.2, 0) is 0 Å². The van der Waals surface area contributed by atoms with Crippen LogP contribution in [0.25, 0.3) is 0 Å². The molecule has 2 aromatic carbocycles. The van der Waals surface area contributed by atoms with E-state index in [1.54, 1.807) is 6.07 Å². The van der Waals surface area contributed by atoms with Crippen LogP contribution in [0.15, 0.2) is 39.3 Å². The standard InChI is InChI=1S/C13H9Br2ClN2O2/c14-6-1-2-11(9(15)3-6)18-12-8(13(19)20)4-7(17)5-10(12)16/h1-5,18H,17H2,(H,19,20). The van der Waals surface area contributed by atoms with E-state index in [0.717, 1.165) is 8.95 Å². The number of benzene rings is 2. The van der Waals surface area contributed by atoms with Gasteiger partial charge in [0.2, 0.25) is 0 Å². The van der Waals surface area contributed by atoms with Gasteiger partial charge in [-0.05, 0) is 46.3 Å². The first-order valence-electron chi connectivity index (χ1n) is 5.43. The third-order valence-corrected chi connectivity index (χ3v) is 3.98. The fourth-order valence-corrected chi connectivity index (χ4v) is 3.07. The minimum Gasteiger partial charge on any atom is -0.478 e. The maximum Gasteiger partial charge on any atom is 0.337 e. The zero-order valence-corrected chi connectivity index (χ0v) is 13.9. The van der Waals surface area contributed by atoms with Crippen LogP contribution in [0, 0.1) is 0 Å². The van der Waals surface area contributed by atoms with Crippen molar-refractivity contribution in [3.8, 4) is 0 Å². The van der Waals surface area contributed by atoms with E-state index >= 15 is 0 Å². The van der Waals surface area contributed by atoms with Crippen molar-refractivity contribution in [2.45, 2.75) is 0 Å². The van der Waals surface area contributed by atoms with Gasteiger partial charge >= 0.3 is 5.97 Å². The topological polar surface area (TPSA) is 75.3 Å². The molecule has 0 saturated heterocycles. The van der Waals surface area contributed by atoms with Crippen LogP contribution in [0.1, 0.15) is 10.4 Å². The Morgan fingerprint density at radius 1 is 1.25 bits per heavy atom. The fraction of sp³-hybridized carbons (Fsp3) is 0. The van der Waals surface area contributed by atoms with Gasteiger partial charge in [0.25, 0.3) is 0 Å². The van der Waals surface area contributed by atoms with Crippen LogP contribution in [0.2, 0.25) is 5.02 Å². The van der Waals surface area contributed by atoms with Gasteiger partial charge in [0.1, 0.15) is 0 Å². The lowest BCUT2D eigenvalue weighted by atomic mass is 10.1. The molecule has 0 amide bonds. The molecular weight excluding hydrogens is 411 g/mol. The van der Waals surface area contributed by atoms with Gasteiger partial charge in [-0.3, -0.25) is 0 Å². The maximum atomic E-state index is 11.3. The summed E-state index contributed by atoms with van der Waals surface area (Å²) in [4.78, 5) is 11.3. The minimum atomic E-state index is -1.10. The molecule has 2 rings (SSSR count). The highest BCUT2D eigenvalue weighted by atomic mass is 79.9. The first-order valence-corrected chi connectivity index (χ1v) is 7.39. The largest absolute Gasteiger partial charge is 0.478 e. The van der Waals surface area contributed by atoms with Gasteiger partial charge in [-0.2, -0.15) is 0 Å². The van der Waals surface area contributed by atoms with E-state index in [-0.39, 0.29) is 10.6 Å². The summed E-state index contributed by atoms with van der Waals surface area (Å²) in [5.41, 5.74) is 6.93. The predicted molar refractivity (Wildman–Crippen MR) is 87.9 cm³/mol. The van der Waals surface area contributed by atoms with Crippen LogP contribution in [0.3, 0.4) is 0 Å². The van der Waals surface area contributed by atoms with Crippen molar-refractivity contribution in [3.63, 3.8) is 0 Å². The number of hydrogen-bond acceptors (Lipinski definition) is 3. The second-order valence-electron chi connectivity index (χ2n) is 3.98. The first-order chi connectivity index (χ1) is 9.38. The van der Waals surface area contributed by atoms with Crippen LogP contribution in [0.5, 0.6) is 0 Å². The number of carboxylic acids is 1. The summed E-state index contributed by atoms with van der Waals surface area (Å²) in [5, 5.41) is 12.5. The molecular formula is C13H9Br2ClN2O2. The second-order valence-corrected chi connectivity index (χ2v) is 6.16. The molecule has 0 heterocycles. The van der Waals surface area contributed by atoms with Crippen molar-refractivity contribution >= 4 is 66.5 Å². The molecule has 0 aromatic heterocycles. The highest BCUT2D eigenvalue weighted by molar-refractivity contribution is 9.11. The van der Waals surface area contributed by atoms with E-state index in [1.807, 2.05) is 12.1 Å². The van der Waals surface area contributed by atoms with Crippen molar-refractivity contribution in [1.29, 1.82) is 0 Å². The van der Waals surface area contributed by atoms with Gasteiger partial charge in [0.15, 0.2) is 0 Å². The summed E-state index contributed by atoms with van der Waals surface area (Å²) >= 11 is 12.8. The summed E-state index contributed by atoms with van der Waals surface area (Å²) in [7, 11) is 0. The lowest BCUT2D eigenvalue weighted by Crippen LogP contribution is -2.05. The molecule has 0 aliphatic carbocycles. The molecule has 7 heteroatoms. The third-order valence-electron chi connectivity index (χ3n) is 2.53. The Bertz CT molecular complexity index is 692. The number of halogens is 3. The molecule has 0 fully saturated rings. The Morgan fingerprint density at radius 3 is 2.55 bits per heavy atom. The average molecular weight is 420 g/mol. The Kier molecular flexibility index (Phi) is 4.57. The van der Waals surface area contributed by atoms with Crippen LogP contribution in [-0.4, -0.2) is 11.1 Å². The SMILES string of the molecule is Nc1cc(Cl)c(Nc2ccc(Br)cc2Br)c(C(=O)O)c1. The summed E-state index contributed by atoms with van der Waals surface area (Å²) in [6.07, 6.45) is 0. The molecule has 0 atom stereocenters. The molecule has 0 aliphatic rings. The Balaban J connectivity index is 2.50. The highest BCUT2D eigenvalue weighted by Gasteiger charge is 2.16. The van der Waals surface area contributed by atoms with Crippen LogP contribution in [0.4, 0.5) is 17.1 Å². The molecule has 4 N–H and O–H groups in total. The number of nitrogen functional groups attached to an aromatic ring is 1. The summed E-state index contributed by atoms with van der Waals surface area (Å²) < 4.78 is 1.67. The smallest absolute Gasteiger partial charge is 0.337 e. The first kappa shape index (κ1) is 15.2. The van der Waals surface area contributed by atoms with Crippen molar-refractivity contribution in [2.24, 2.45) is 0 Å². The number of nitrogens with two attached hydrogens (primary N) is 1. The van der Waals surface area contributed by atoms with E-state index in [1.165, 1.54) is 12.1 Å². The summed E-state index contributed by atoms with van der Waals surface area (Å²) in [6, 6.07) is 8.34. The molecule has 2 aromatic rings. The molecule has 0 saturated carbocycles. The Hall–Kier alpha value is -1.24. The molecule has 104 valence electrons. The molecule has 0 unspecified atom stereocenters. The van der Waals surface area contributed by atoms with E-state index in [2.05, 4.69) is 37.2 Å². The number of anilines is 3. The average Bonchev–Trinajstić information content (AvgIpc) is 2.34. The van der Waals surface area contributed by atoms with Crippen LogP contribution < -0.4 is 11.1 Å². The third kappa shape index (κ3) is 3.26. The summed E-state index contributed by atoms with van der Waals surface area (Å²) in [6.45, 7) is 0. The number of rotatable bonds is 3. The quantitative estimate of drug-likeness (QED) is 0.618. The minimum absolute atomic E-state index is 0.0184. The van der Waals surface area contributed by atoms with Gasteiger partial charge in [0.05, 0.1) is 22.0 Å². The lowest BCUT2D eigenvalue weighted by Gasteiger charge is -2.14. The zero-order valence-electron chi connectivity index (χ0n) is 9.95. The summed E-state index contributed by atoms with van der Waals surface area (Å²) in [5.74, 6) is -1.10.